The van der Waals surface area contributed by atoms with E-state index >= 15 is 0 Å². The number of rotatable bonds is 4. The first-order valence-electron chi connectivity index (χ1n) is 13.9. The molecule has 0 atom stereocenters. The Hall–Kier alpha value is -5.21. The first-order valence-corrected chi connectivity index (χ1v) is 13.9. The molecule has 0 saturated heterocycles. The van der Waals surface area contributed by atoms with Crippen LogP contribution in [0.3, 0.4) is 0 Å². The highest BCUT2D eigenvalue weighted by Crippen LogP contribution is 2.50. The largest absolute Gasteiger partial charge is 0.393 e. The van der Waals surface area contributed by atoms with Crippen LogP contribution in [-0.2, 0) is 5.54 Å². The Labute approximate surface area is 240 Å². The molecular formula is C34H25N5O3. The van der Waals surface area contributed by atoms with Gasteiger partial charge in [0.15, 0.2) is 11.3 Å². The zero-order chi connectivity index (χ0) is 28.6. The summed E-state index contributed by atoms with van der Waals surface area (Å²) in [6.45, 7) is 1.93. The predicted octanol–water partition coefficient (Wildman–Crippen LogP) is 5.57. The number of aliphatic hydroxyl groups is 1. The summed E-state index contributed by atoms with van der Waals surface area (Å²) in [4.78, 5) is 38.0. The summed E-state index contributed by atoms with van der Waals surface area (Å²) in [6, 6.07) is 28.9. The average molecular weight is 552 g/mol. The number of imide groups is 1. The number of pyridine rings is 1. The molecule has 8 heteroatoms. The van der Waals surface area contributed by atoms with Gasteiger partial charge in [-0.15, -0.1) is 0 Å². The van der Waals surface area contributed by atoms with Gasteiger partial charge >= 0.3 is 0 Å². The molecule has 4 heterocycles. The van der Waals surface area contributed by atoms with Crippen LogP contribution in [0.2, 0.25) is 0 Å². The van der Waals surface area contributed by atoms with E-state index in [0.29, 0.717) is 29.6 Å². The molecule has 6 aromatic rings. The van der Waals surface area contributed by atoms with E-state index in [2.05, 4.69) is 28.3 Å². The van der Waals surface area contributed by atoms with Crippen LogP contribution in [-0.4, -0.2) is 47.5 Å². The second kappa shape index (κ2) is 8.89. The first kappa shape index (κ1) is 24.6. The topological polar surface area (TPSA) is 101 Å². The molecule has 2 aliphatic rings. The van der Waals surface area contributed by atoms with Gasteiger partial charge in [0.2, 0.25) is 0 Å². The minimum absolute atomic E-state index is 0.297. The number of aliphatic hydroxyl groups excluding tert-OH is 1. The summed E-state index contributed by atoms with van der Waals surface area (Å²) in [5.74, 6) is -0.637. The van der Waals surface area contributed by atoms with E-state index in [4.69, 9.17) is 4.98 Å². The molecule has 0 bridgehead atoms. The number of amides is 2. The summed E-state index contributed by atoms with van der Waals surface area (Å²) in [5.41, 5.74) is 6.64. The highest BCUT2D eigenvalue weighted by molar-refractivity contribution is 6.22. The summed E-state index contributed by atoms with van der Waals surface area (Å²) in [5, 5.41) is 15.9. The second-order valence-electron chi connectivity index (χ2n) is 11.1. The lowest BCUT2D eigenvalue weighted by Crippen LogP contribution is -2.59. The number of carbonyl (C=O) groups excluding carboxylic acids is 2. The van der Waals surface area contributed by atoms with Gasteiger partial charge in [0, 0.05) is 41.6 Å². The average Bonchev–Trinajstić information content (AvgIpc) is 3.51. The number of carbonyl (C=O) groups is 2. The number of aromatic nitrogens is 4. The first-order chi connectivity index (χ1) is 20.4. The molecule has 0 radical (unpaired) electrons. The van der Waals surface area contributed by atoms with E-state index in [0.717, 1.165) is 44.7 Å². The number of hydrogen-bond donors (Lipinski definition) is 1. The van der Waals surface area contributed by atoms with Gasteiger partial charge in [0.25, 0.3) is 11.8 Å². The van der Waals surface area contributed by atoms with Crippen molar-refractivity contribution in [3.63, 3.8) is 0 Å². The Morgan fingerprint density at radius 1 is 0.810 bits per heavy atom. The van der Waals surface area contributed by atoms with Crippen molar-refractivity contribution in [3.05, 3.63) is 120 Å². The Kier molecular flexibility index (Phi) is 5.20. The molecule has 1 aliphatic carbocycles. The van der Waals surface area contributed by atoms with E-state index in [-0.39, 0.29) is 11.8 Å². The Balaban J connectivity index is 1.26. The number of hydrogen-bond acceptors (Lipinski definition) is 6. The van der Waals surface area contributed by atoms with Crippen molar-refractivity contribution >= 4 is 28.5 Å². The monoisotopic (exact) mass is 551 g/mol. The third kappa shape index (κ3) is 3.48. The van der Waals surface area contributed by atoms with Crippen molar-refractivity contribution < 1.29 is 14.7 Å². The normalized spacial score (nSPS) is 19.9. The molecular weight excluding hydrogens is 526 g/mol. The van der Waals surface area contributed by atoms with Gasteiger partial charge in [-0.25, -0.2) is 9.97 Å². The zero-order valence-electron chi connectivity index (χ0n) is 22.7. The SMILES string of the molecule is Cc1cc2ncc3cc(-c4ccccc4)c(-c4ccc(C5(N6C(=O)c7ccccc7C6=O)CC(O)C5)cc4)nc3n2n1. The maximum atomic E-state index is 13.4. The lowest BCUT2D eigenvalue weighted by atomic mass is 9.68. The van der Waals surface area contributed by atoms with Crippen molar-refractivity contribution in [2.45, 2.75) is 31.4 Å². The van der Waals surface area contributed by atoms with E-state index in [1.54, 1.807) is 28.8 Å². The van der Waals surface area contributed by atoms with E-state index in [1.807, 2.05) is 61.7 Å². The Morgan fingerprint density at radius 2 is 1.48 bits per heavy atom. The predicted molar refractivity (Wildman–Crippen MR) is 158 cm³/mol. The summed E-state index contributed by atoms with van der Waals surface area (Å²) in [6.07, 6.45) is 1.83. The highest BCUT2D eigenvalue weighted by Gasteiger charge is 2.56. The molecule has 204 valence electrons. The van der Waals surface area contributed by atoms with Gasteiger partial charge in [-0.1, -0.05) is 66.7 Å². The highest BCUT2D eigenvalue weighted by atomic mass is 16.3. The van der Waals surface area contributed by atoms with Crippen molar-refractivity contribution in [1.29, 1.82) is 0 Å². The number of benzene rings is 3. The third-order valence-corrected chi connectivity index (χ3v) is 8.53. The molecule has 1 fully saturated rings. The minimum Gasteiger partial charge on any atom is -0.393 e. The van der Waals surface area contributed by atoms with Crippen LogP contribution < -0.4 is 0 Å². The molecule has 42 heavy (non-hydrogen) atoms. The fraction of sp³-hybridized carbons (Fsp3) is 0.147. The molecule has 1 saturated carbocycles. The van der Waals surface area contributed by atoms with E-state index in [1.165, 1.54) is 4.90 Å². The zero-order valence-corrected chi connectivity index (χ0v) is 22.7. The number of aryl methyl sites for hydroxylation is 1. The molecule has 1 N–H and O–H groups in total. The van der Waals surface area contributed by atoms with Gasteiger partial charge in [-0.3, -0.25) is 14.5 Å². The third-order valence-electron chi connectivity index (χ3n) is 8.53. The van der Waals surface area contributed by atoms with Crippen LogP contribution >= 0.6 is 0 Å². The summed E-state index contributed by atoms with van der Waals surface area (Å²) >= 11 is 0. The van der Waals surface area contributed by atoms with Crippen LogP contribution in [0.1, 0.15) is 44.8 Å². The molecule has 0 unspecified atom stereocenters. The van der Waals surface area contributed by atoms with E-state index < -0.39 is 11.6 Å². The summed E-state index contributed by atoms with van der Waals surface area (Å²) in [7, 11) is 0. The summed E-state index contributed by atoms with van der Waals surface area (Å²) < 4.78 is 1.77. The fourth-order valence-corrected chi connectivity index (χ4v) is 6.49. The Morgan fingerprint density at radius 3 is 2.14 bits per heavy atom. The molecule has 8 nitrogen and oxygen atoms in total. The van der Waals surface area contributed by atoms with Crippen molar-refractivity contribution in [2.75, 3.05) is 0 Å². The maximum absolute atomic E-state index is 13.4. The fourth-order valence-electron chi connectivity index (χ4n) is 6.49. The number of nitrogens with zero attached hydrogens (tertiary/aromatic N) is 5. The van der Waals surface area contributed by atoms with Crippen molar-refractivity contribution in [2.24, 2.45) is 0 Å². The standard InChI is InChI=1S/C34H25N5O3/c1-20-15-29-35-19-23-16-28(21-7-3-2-4-8-21)30(36-31(23)39(29)37-20)22-11-13-24(14-12-22)34(17-25(40)18-34)38-32(41)26-9-5-6-10-27(26)33(38)42/h2-16,19,25,40H,17-18H2,1H3. The van der Waals surface area contributed by atoms with E-state index in [9.17, 15) is 14.7 Å². The Bertz CT molecular complexity index is 2030. The van der Waals surface area contributed by atoms with Crippen LogP contribution in [0, 0.1) is 6.92 Å². The van der Waals surface area contributed by atoms with Crippen LogP contribution in [0.5, 0.6) is 0 Å². The van der Waals surface area contributed by atoms with Gasteiger partial charge in [-0.2, -0.15) is 9.61 Å². The number of fused-ring (bicyclic) bond motifs is 4. The van der Waals surface area contributed by atoms with Crippen LogP contribution in [0.4, 0.5) is 0 Å². The lowest BCUT2D eigenvalue weighted by molar-refractivity contribution is -0.0507. The minimum atomic E-state index is -0.908. The van der Waals surface area contributed by atoms with Crippen molar-refractivity contribution in [1.82, 2.24) is 24.5 Å². The van der Waals surface area contributed by atoms with Crippen LogP contribution in [0.25, 0.3) is 39.1 Å². The van der Waals surface area contributed by atoms with Gasteiger partial charge in [-0.05, 0) is 36.2 Å². The van der Waals surface area contributed by atoms with Gasteiger partial charge in [0.05, 0.1) is 34.2 Å². The molecule has 8 rings (SSSR count). The molecule has 3 aromatic carbocycles. The molecule has 0 spiro atoms. The molecule has 2 amide bonds. The quantitative estimate of drug-likeness (QED) is 0.288. The van der Waals surface area contributed by atoms with Crippen molar-refractivity contribution in [3.8, 4) is 22.4 Å². The van der Waals surface area contributed by atoms with Gasteiger partial charge in [0.1, 0.15) is 0 Å². The smallest absolute Gasteiger partial charge is 0.262 e. The maximum Gasteiger partial charge on any atom is 0.262 e. The van der Waals surface area contributed by atoms with Crippen LogP contribution in [0.15, 0.2) is 97.2 Å². The van der Waals surface area contributed by atoms with Gasteiger partial charge < -0.3 is 5.11 Å². The lowest BCUT2D eigenvalue weighted by Gasteiger charge is -2.50. The second-order valence-corrected chi connectivity index (χ2v) is 11.1. The molecule has 1 aliphatic heterocycles. The molecule has 3 aromatic heterocycles.